The molecule has 20 rings (SSSR count). The van der Waals surface area contributed by atoms with Crippen LogP contribution in [-0.2, 0) is 0 Å². The Morgan fingerprint density at radius 2 is 0.627 bits per heavy atom. The second kappa shape index (κ2) is 37.7. The third-order valence-electron chi connectivity index (χ3n) is 23.2. The van der Waals surface area contributed by atoms with Gasteiger partial charge in [-0.05, 0) is 144 Å². The third kappa shape index (κ3) is 19.9. The van der Waals surface area contributed by atoms with Crippen LogP contribution < -0.4 is 52.4 Å². The van der Waals surface area contributed by atoms with E-state index in [0.717, 1.165) is 38.8 Å². The number of hydrogen-bond donors (Lipinski definition) is 9. The van der Waals surface area contributed by atoms with E-state index < -0.39 is 97.1 Å². The van der Waals surface area contributed by atoms with Crippen LogP contribution in [0.1, 0.15) is 161 Å². The molecule has 9 atom stereocenters. The SMILES string of the molecule is Cc1ccnc(Oc2nn(C3C(O)CCCC3(F)F)c3ncnc(N)c23)c1.Cc1ccnc(Oc2nn(C3CC(F)(F)CCC3O)c3ncnc(N)c23)c1.Cc1ccnc(Oc2nn(C3CCC(F)(F)CC3O)c3ncnc(N)c23)c1.Cc1ccnc(Oc2nn(C3CCCC(F)(F)C3O)c3ncnc(N)c23)c1.Cc1ccnc(Oc2nn(C3CCCCC3(F)F)c3ncnc(N)c23)c1. The monoisotopic (exact) mass is 1860 g/mol. The summed E-state index contributed by atoms with van der Waals surface area (Å²) in [5.41, 5.74) is 35.5. The lowest BCUT2D eigenvalue weighted by Crippen LogP contribution is -2.44. The molecule has 704 valence electrons. The van der Waals surface area contributed by atoms with Gasteiger partial charge in [0.05, 0.1) is 36.4 Å². The normalized spacial score (nSPS) is 21.6. The molecule has 0 bridgehead atoms. The minimum Gasteiger partial charge on any atom is -0.418 e. The molecule has 0 amide bonds. The topological polar surface area (TPSA) is 540 Å². The molecule has 5 aliphatic carbocycles. The predicted molar refractivity (Wildman–Crippen MR) is 462 cm³/mol. The number of fused-ring (bicyclic) bond motifs is 5. The number of nitrogens with two attached hydrogens (primary N) is 5. The van der Waals surface area contributed by atoms with Gasteiger partial charge in [0.25, 0.3) is 53.1 Å². The number of nitrogen functional groups attached to an aromatic ring is 5. The molecule has 9 unspecified atom stereocenters. The van der Waals surface area contributed by atoms with E-state index in [9.17, 15) is 64.3 Å². The van der Waals surface area contributed by atoms with Crippen molar-refractivity contribution < 1.29 is 88.0 Å². The second-order valence-corrected chi connectivity index (χ2v) is 33.2. The maximum Gasteiger partial charge on any atom is 0.275 e. The summed E-state index contributed by atoms with van der Waals surface area (Å²) in [5.74, 6) is -12.8. The van der Waals surface area contributed by atoms with Crippen molar-refractivity contribution in [3.05, 3.63) is 151 Å². The number of ether oxygens (including phenoxy) is 5. The molecule has 0 aliphatic heterocycles. The summed E-state index contributed by atoms with van der Waals surface area (Å²) < 4.78 is 176. The summed E-state index contributed by atoms with van der Waals surface area (Å²) in [4.78, 5) is 60.9. The van der Waals surface area contributed by atoms with Crippen LogP contribution in [0.15, 0.2) is 123 Å². The van der Waals surface area contributed by atoms with E-state index in [2.05, 4.69) is 100 Å². The first-order valence-electron chi connectivity index (χ1n) is 42.4. The van der Waals surface area contributed by atoms with Crippen LogP contribution in [-0.4, -0.2) is 198 Å². The molecule has 49 heteroatoms. The number of nitrogens with zero attached hydrogens (tertiary/aromatic N) is 25. The lowest BCUT2D eigenvalue weighted by Gasteiger charge is -2.35. The molecule has 15 aromatic rings. The van der Waals surface area contributed by atoms with E-state index in [1.54, 1.807) is 67.4 Å². The standard InChI is InChI=1S/4C17H18F2N6O2.C17H18F2N6O/c1-9-3-5-21-12(6-9)27-16-13-14(20)22-8-23-15(13)25(24-16)10-7-17(18,19)4-2-11(10)26;1-9-3-5-21-12(6-9)27-16-13-14(20)22-8-23-15(13)25(24-16)10-2-4-17(18,19)7-11(10)26;1-9-4-6-21-11(7-9)27-16-12-14(20)22-8-23-15(12)25(24-16)13-10(26)3-2-5-17(13,18)19;1-9-4-6-21-11(7-9)27-16-12-14(20)22-8-23-15(12)25(24-16)10-3-2-5-17(18,19)13(10)26;1-10-5-7-21-12(8-10)26-16-13-14(20)22-9-23-15(13)25(24-16)11-4-2-3-6-17(11,18)19/h2*3,5-6,8,10-11,26H,2,4,7H2,1H3,(H2,20,22,23);2*4,6-8,10,13,26H,2-3,5H2,1H3,(H2,20,22,23);5,7-9,11H,2-4,6H2,1H3,(H2,20,22,23). The Hall–Kier alpha value is -14.4. The summed E-state index contributed by atoms with van der Waals surface area (Å²) in [5, 5.41) is 63.9. The first kappa shape index (κ1) is 92.9. The maximum absolute atomic E-state index is 14.6. The Morgan fingerprint density at radius 1 is 0.306 bits per heavy atom. The average molecular weight is 1870 g/mol. The zero-order chi connectivity index (χ0) is 95.0. The molecule has 5 aliphatic rings. The second-order valence-electron chi connectivity index (χ2n) is 33.2. The number of rotatable bonds is 15. The molecule has 14 N–H and O–H groups in total. The highest BCUT2D eigenvalue weighted by Gasteiger charge is 2.52. The Bertz CT molecular complexity index is 6640. The van der Waals surface area contributed by atoms with E-state index in [0.29, 0.717) is 64.6 Å². The van der Waals surface area contributed by atoms with Crippen LogP contribution in [0.5, 0.6) is 58.8 Å². The number of halogens is 10. The molecule has 0 radical (unpaired) electrons. The van der Waals surface area contributed by atoms with E-state index in [-0.39, 0.29) is 168 Å². The fourth-order valence-electron chi connectivity index (χ4n) is 16.6. The molecule has 15 aromatic heterocycles. The Kier molecular flexibility index (Phi) is 26.1. The van der Waals surface area contributed by atoms with Crippen LogP contribution in [0.2, 0.25) is 0 Å². The molecule has 39 nitrogen and oxygen atoms in total. The fourth-order valence-corrected chi connectivity index (χ4v) is 16.6. The van der Waals surface area contributed by atoms with Crippen molar-refractivity contribution in [2.75, 3.05) is 28.7 Å². The minimum atomic E-state index is -3.20. The zero-order valence-corrected chi connectivity index (χ0v) is 72.2. The highest BCUT2D eigenvalue weighted by molar-refractivity contribution is 5.94. The van der Waals surface area contributed by atoms with Crippen LogP contribution in [0.25, 0.3) is 55.2 Å². The van der Waals surface area contributed by atoms with Crippen LogP contribution in [0.3, 0.4) is 0 Å². The lowest BCUT2D eigenvalue weighted by atomic mass is 9.89. The van der Waals surface area contributed by atoms with Crippen molar-refractivity contribution in [1.82, 2.24) is 124 Å². The van der Waals surface area contributed by atoms with Gasteiger partial charge in [0, 0.05) is 106 Å². The average Bonchev–Trinajstić information content (AvgIpc) is 1.54. The largest absolute Gasteiger partial charge is 0.418 e. The van der Waals surface area contributed by atoms with E-state index in [1.807, 2.05) is 58.9 Å². The molecule has 0 saturated heterocycles. The van der Waals surface area contributed by atoms with Crippen molar-refractivity contribution in [3.63, 3.8) is 0 Å². The summed E-state index contributed by atoms with van der Waals surface area (Å²) in [6.07, 6.45) is 8.48. The Balaban J connectivity index is 0.000000122. The van der Waals surface area contributed by atoms with Gasteiger partial charge in [-0.2, -0.15) is 0 Å². The maximum atomic E-state index is 14.6. The van der Waals surface area contributed by atoms with Crippen LogP contribution in [0.4, 0.5) is 73.0 Å². The predicted octanol–water partition coefficient (Wildman–Crippen LogP) is 14.2. The van der Waals surface area contributed by atoms with E-state index >= 15 is 0 Å². The van der Waals surface area contributed by atoms with Crippen molar-refractivity contribution in [2.45, 2.75) is 222 Å². The molecule has 0 aromatic carbocycles. The molecule has 0 spiro atoms. The first-order chi connectivity index (χ1) is 63.9. The fraction of sp³-hybridized carbons (Fsp3) is 0.412. The van der Waals surface area contributed by atoms with Gasteiger partial charge in [0.15, 0.2) is 28.2 Å². The molecule has 15 heterocycles. The molecule has 134 heavy (non-hydrogen) atoms. The number of hydrogen-bond acceptors (Lipinski definition) is 34. The van der Waals surface area contributed by atoms with Crippen molar-refractivity contribution in [2.24, 2.45) is 0 Å². The van der Waals surface area contributed by atoms with Gasteiger partial charge < -0.3 is 72.8 Å². The van der Waals surface area contributed by atoms with Gasteiger partial charge in [-0.15, -0.1) is 25.5 Å². The number of pyridine rings is 5. The highest BCUT2D eigenvalue weighted by Crippen LogP contribution is 2.50. The summed E-state index contributed by atoms with van der Waals surface area (Å²) >= 11 is 0. The van der Waals surface area contributed by atoms with Gasteiger partial charge >= 0.3 is 0 Å². The van der Waals surface area contributed by atoms with Gasteiger partial charge in [0.2, 0.25) is 35.3 Å². The third-order valence-corrected chi connectivity index (χ3v) is 23.2. The summed E-state index contributed by atoms with van der Waals surface area (Å²) in [6.45, 7) is 9.40. The number of alkyl halides is 10. The lowest BCUT2D eigenvalue weighted by molar-refractivity contribution is -0.152. The van der Waals surface area contributed by atoms with Crippen molar-refractivity contribution in [3.8, 4) is 58.8 Å². The zero-order valence-electron chi connectivity index (χ0n) is 72.2. The molecule has 5 saturated carbocycles. The highest BCUT2D eigenvalue weighted by atomic mass is 19.3. The summed E-state index contributed by atoms with van der Waals surface area (Å²) in [6, 6.07) is 12.4. The minimum absolute atomic E-state index is 0.0325. The quantitative estimate of drug-likeness (QED) is 0.0430. The van der Waals surface area contributed by atoms with Crippen LogP contribution >= 0.6 is 0 Å². The smallest absolute Gasteiger partial charge is 0.275 e. The Morgan fingerprint density at radius 3 is 1.00 bits per heavy atom. The number of aryl methyl sites for hydroxylation is 5. The number of aromatic nitrogens is 25. The first-order valence-corrected chi connectivity index (χ1v) is 42.4. The molecular weight excluding hydrogens is 1780 g/mol. The van der Waals surface area contributed by atoms with Gasteiger partial charge in [-0.3, -0.25) is 0 Å². The van der Waals surface area contributed by atoms with Gasteiger partial charge in [0.1, 0.15) is 106 Å². The van der Waals surface area contributed by atoms with Crippen LogP contribution in [0, 0.1) is 34.6 Å². The van der Waals surface area contributed by atoms with E-state index in [1.165, 1.54) is 44.0 Å². The van der Waals surface area contributed by atoms with Crippen molar-refractivity contribution >= 4 is 84.3 Å². The number of aliphatic hydroxyl groups is 4. The summed E-state index contributed by atoms with van der Waals surface area (Å²) in [7, 11) is 0. The van der Waals surface area contributed by atoms with E-state index in [4.69, 9.17) is 52.4 Å². The Labute approximate surface area is 753 Å². The number of aliphatic hydroxyl groups excluding tert-OH is 4. The number of anilines is 5. The molecular formula is C85H90F10N30O9. The molecule has 5 fully saturated rings. The van der Waals surface area contributed by atoms with Crippen molar-refractivity contribution in [1.29, 1.82) is 0 Å². The van der Waals surface area contributed by atoms with Gasteiger partial charge in [-0.1, -0.05) is 6.42 Å². The van der Waals surface area contributed by atoms with Gasteiger partial charge in [-0.25, -0.2) is 142 Å².